The average Bonchev–Trinajstić information content (AvgIpc) is 2.78. The number of piperidine rings is 1. The Morgan fingerprint density at radius 3 is 2.44 bits per heavy atom. The van der Waals surface area contributed by atoms with Gasteiger partial charge in [-0.1, -0.05) is 26.0 Å². The number of aromatic nitrogens is 2. The number of nitrogens with zero attached hydrogens (tertiary/aromatic N) is 4. The van der Waals surface area contributed by atoms with Gasteiger partial charge in [0.25, 0.3) is 0 Å². The predicted octanol–water partition coefficient (Wildman–Crippen LogP) is 3.69. The van der Waals surface area contributed by atoms with E-state index >= 15 is 0 Å². The predicted molar refractivity (Wildman–Crippen MR) is 125 cm³/mol. The Kier molecular flexibility index (Phi) is 7.02. The lowest BCUT2D eigenvalue weighted by Crippen LogP contribution is -2.52. The highest BCUT2D eigenvalue weighted by Crippen LogP contribution is 2.30. The Balaban J connectivity index is 1.22. The van der Waals surface area contributed by atoms with Crippen LogP contribution in [0.15, 0.2) is 42.6 Å². The van der Waals surface area contributed by atoms with E-state index in [0.717, 1.165) is 43.9 Å². The van der Waals surface area contributed by atoms with Gasteiger partial charge in [0, 0.05) is 44.5 Å². The van der Waals surface area contributed by atoms with E-state index in [-0.39, 0.29) is 11.8 Å². The number of amides is 2. The molecule has 0 unspecified atom stereocenters. The van der Waals surface area contributed by atoms with E-state index in [4.69, 9.17) is 0 Å². The van der Waals surface area contributed by atoms with Gasteiger partial charge in [-0.15, -0.1) is 5.10 Å². The van der Waals surface area contributed by atoms with Gasteiger partial charge in [0.1, 0.15) is 0 Å². The molecule has 2 saturated heterocycles. The highest BCUT2D eigenvalue weighted by Gasteiger charge is 2.33. The molecule has 1 N–H and O–H groups in total. The van der Waals surface area contributed by atoms with E-state index in [0.29, 0.717) is 37.3 Å². The first kappa shape index (κ1) is 22.2. The molecule has 2 fully saturated rings. The third-order valence-corrected chi connectivity index (χ3v) is 6.57. The highest BCUT2D eigenvalue weighted by molar-refractivity contribution is 5.94. The van der Waals surface area contributed by atoms with Crippen LogP contribution in [0.5, 0.6) is 0 Å². The van der Waals surface area contributed by atoms with Gasteiger partial charge in [-0.2, -0.15) is 5.10 Å². The van der Waals surface area contributed by atoms with Gasteiger partial charge in [-0.05, 0) is 60.9 Å². The third kappa shape index (κ3) is 5.44. The van der Waals surface area contributed by atoms with Crippen molar-refractivity contribution in [2.24, 2.45) is 11.8 Å². The molecule has 3 heterocycles. The summed E-state index contributed by atoms with van der Waals surface area (Å²) in [6.45, 7) is 7.32. The van der Waals surface area contributed by atoms with Crippen LogP contribution in [0.1, 0.15) is 51.0 Å². The molecule has 0 saturated carbocycles. The SMILES string of the molecule is CC(C)CCC(=O)N1CCC(c2ccc(NC(=O)C3CN(c4cccnn4)C3)cc2)CC1. The van der Waals surface area contributed by atoms with Crippen LogP contribution in [-0.4, -0.2) is 53.1 Å². The molecule has 2 aromatic rings. The zero-order chi connectivity index (χ0) is 22.5. The molecule has 1 aromatic heterocycles. The van der Waals surface area contributed by atoms with Crippen LogP contribution in [0.4, 0.5) is 11.5 Å². The maximum Gasteiger partial charge on any atom is 0.231 e. The number of nitrogens with one attached hydrogen (secondary N) is 1. The van der Waals surface area contributed by atoms with Gasteiger partial charge >= 0.3 is 0 Å². The Morgan fingerprint density at radius 1 is 1.09 bits per heavy atom. The van der Waals surface area contributed by atoms with Crippen LogP contribution >= 0.6 is 0 Å². The molecule has 32 heavy (non-hydrogen) atoms. The molecule has 0 aliphatic carbocycles. The number of anilines is 2. The summed E-state index contributed by atoms with van der Waals surface area (Å²) in [6.07, 6.45) is 5.27. The van der Waals surface area contributed by atoms with Gasteiger partial charge in [0.05, 0.1) is 5.92 Å². The van der Waals surface area contributed by atoms with Crippen molar-refractivity contribution < 1.29 is 9.59 Å². The largest absolute Gasteiger partial charge is 0.353 e. The summed E-state index contributed by atoms with van der Waals surface area (Å²) in [5, 5.41) is 11.0. The Hall–Kier alpha value is -2.96. The van der Waals surface area contributed by atoms with Gasteiger partial charge in [0.15, 0.2) is 5.82 Å². The molecule has 0 spiro atoms. The highest BCUT2D eigenvalue weighted by atomic mass is 16.2. The molecule has 1 aromatic carbocycles. The molecule has 7 heteroatoms. The van der Waals surface area contributed by atoms with E-state index in [1.54, 1.807) is 6.20 Å². The standard InChI is InChI=1S/C25H33N5O2/c1-18(2)5-10-24(31)29-14-11-20(12-15-29)19-6-8-22(9-7-19)27-25(32)21-16-30(17-21)23-4-3-13-26-28-23/h3-4,6-9,13,18,20-21H,5,10-12,14-17H2,1-2H3,(H,27,32). The number of carbonyl (C=O) groups is 2. The monoisotopic (exact) mass is 435 g/mol. The number of rotatable bonds is 7. The average molecular weight is 436 g/mol. The van der Waals surface area contributed by atoms with Crippen LogP contribution in [0.2, 0.25) is 0 Å². The van der Waals surface area contributed by atoms with Gasteiger partial charge < -0.3 is 15.1 Å². The van der Waals surface area contributed by atoms with Crippen LogP contribution in [0.3, 0.4) is 0 Å². The number of benzene rings is 1. The minimum atomic E-state index is -0.0331. The minimum Gasteiger partial charge on any atom is -0.353 e. The molecule has 0 atom stereocenters. The maximum atomic E-state index is 12.5. The molecule has 0 bridgehead atoms. The van der Waals surface area contributed by atoms with Crippen LogP contribution in [-0.2, 0) is 9.59 Å². The fourth-order valence-electron chi connectivity index (χ4n) is 4.41. The summed E-state index contributed by atoms with van der Waals surface area (Å²) in [6, 6.07) is 12.0. The quantitative estimate of drug-likeness (QED) is 0.718. The zero-order valence-corrected chi connectivity index (χ0v) is 19.0. The summed E-state index contributed by atoms with van der Waals surface area (Å²) in [7, 11) is 0. The molecule has 170 valence electrons. The summed E-state index contributed by atoms with van der Waals surface area (Å²) in [4.78, 5) is 29.0. The van der Waals surface area contributed by atoms with Crippen molar-refractivity contribution in [1.82, 2.24) is 15.1 Å². The molecule has 4 rings (SSSR count). The van der Waals surface area contributed by atoms with Crippen molar-refractivity contribution in [2.75, 3.05) is 36.4 Å². The molecule has 2 aliphatic rings. The van der Waals surface area contributed by atoms with E-state index in [1.165, 1.54) is 5.56 Å². The fraction of sp³-hybridized carbons (Fsp3) is 0.520. The molecular formula is C25H33N5O2. The van der Waals surface area contributed by atoms with Crippen molar-refractivity contribution >= 4 is 23.3 Å². The second kappa shape index (κ2) is 10.1. The Labute approximate surface area is 190 Å². The molecule has 0 radical (unpaired) electrons. The van der Waals surface area contributed by atoms with Gasteiger partial charge in [0.2, 0.25) is 11.8 Å². The van der Waals surface area contributed by atoms with E-state index < -0.39 is 0 Å². The first-order chi connectivity index (χ1) is 15.5. The van der Waals surface area contributed by atoms with E-state index in [2.05, 4.69) is 46.4 Å². The minimum absolute atomic E-state index is 0.0331. The summed E-state index contributed by atoms with van der Waals surface area (Å²) in [5.74, 6) is 2.16. The van der Waals surface area contributed by atoms with Crippen LogP contribution in [0.25, 0.3) is 0 Å². The summed E-state index contributed by atoms with van der Waals surface area (Å²) >= 11 is 0. The second-order valence-electron chi connectivity index (χ2n) is 9.38. The Bertz CT molecular complexity index is 902. The van der Waals surface area contributed by atoms with Gasteiger partial charge in [-0.3, -0.25) is 9.59 Å². The maximum absolute atomic E-state index is 12.5. The second-order valence-corrected chi connectivity index (χ2v) is 9.38. The number of carbonyl (C=O) groups excluding carboxylic acids is 2. The van der Waals surface area contributed by atoms with Crippen LogP contribution in [0, 0.1) is 11.8 Å². The van der Waals surface area contributed by atoms with E-state index in [9.17, 15) is 9.59 Å². The lowest BCUT2D eigenvalue weighted by Gasteiger charge is -2.38. The molecule has 7 nitrogen and oxygen atoms in total. The van der Waals surface area contributed by atoms with Gasteiger partial charge in [-0.25, -0.2) is 0 Å². The lowest BCUT2D eigenvalue weighted by molar-refractivity contribution is -0.132. The molecule has 2 amide bonds. The Morgan fingerprint density at radius 2 is 1.81 bits per heavy atom. The lowest BCUT2D eigenvalue weighted by atomic mass is 9.89. The summed E-state index contributed by atoms with van der Waals surface area (Å²) < 4.78 is 0. The van der Waals surface area contributed by atoms with Crippen molar-refractivity contribution in [3.05, 3.63) is 48.2 Å². The molecular weight excluding hydrogens is 402 g/mol. The van der Waals surface area contributed by atoms with Crippen molar-refractivity contribution in [1.29, 1.82) is 0 Å². The topological polar surface area (TPSA) is 78.4 Å². The first-order valence-corrected chi connectivity index (χ1v) is 11.7. The smallest absolute Gasteiger partial charge is 0.231 e. The number of hydrogen-bond donors (Lipinski definition) is 1. The van der Waals surface area contributed by atoms with Crippen LogP contribution < -0.4 is 10.2 Å². The number of likely N-dealkylation sites (tertiary alicyclic amines) is 1. The normalized spacial score (nSPS) is 17.3. The number of hydrogen-bond acceptors (Lipinski definition) is 5. The summed E-state index contributed by atoms with van der Waals surface area (Å²) in [5.41, 5.74) is 2.12. The van der Waals surface area contributed by atoms with E-state index in [1.807, 2.05) is 29.2 Å². The van der Waals surface area contributed by atoms with Crippen molar-refractivity contribution in [3.63, 3.8) is 0 Å². The zero-order valence-electron chi connectivity index (χ0n) is 19.0. The third-order valence-electron chi connectivity index (χ3n) is 6.57. The van der Waals surface area contributed by atoms with Crippen molar-refractivity contribution in [3.8, 4) is 0 Å². The fourth-order valence-corrected chi connectivity index (χ4v) is 4.41. The van der Waals surface area contributed by atoms with Crippen molar-refractivity contribution in [2.45, 2.75) is 45.4 Å². The molecule has 2 aliphatic heterocycles. The first-order valence-electron chi connectivity index (χ1n) is 11.7.